The Kier molecular flexibility index (Phi) is 4.39. The van der Waals surface area contributed by atoms with Crippen molar-refractivity contribution in [3.05, 3.63) is 0 Å². The number of piperidine rings is 1. The lowest BCUT2D eigenvalue weighted by Gasteiger charge is -2.39. The molecule has 1 N–H and O–H groups in total. The van der Waals surface area contributed by atoms with Gasteiger partial charge in [-0.15, -0.1) is 0 Å². The Hall–Kier alpha value is -0.570. The lowest BCUT2D eigenvalue weighted by Crippen LogP contribution is -2.45. The van der Waals surface area contributed by atoms with Crippen LogP contribution in [0.15, 0.2) is 0 Å². The number of carboxylic acid groups (broad SMARTS) is 1. The second-order valence-corrected chi connectivity index (χ2v) is 4.24. The van der Waals surface area contributed by atoms with E-state index in [9.17, 15) is 4.79 Å². The summed E-state index contributed by atoms with van der Waals surface area (Å²) >= 11 is 0. The molecule has 1 heterocycles. The summed E-state index contributed by atoms with van der Waals surface area (Å²) in [5, 5.41) is 8.75. The van der Waals surface area contributed by atoms with Gasteiger partial charge < -0.3 is 5.11 Å². The van der Waals surface area contributed by atoms with Crippen molar-refractivity contribution in [2.75, 3.05) is 6.54 Å². The molecule has 14 heavy (non-hydrogen) atoms. The molecule has 0 bridgehead atoms. The van der Waals surface area contributed by atoms with E-state index < -0.39 is 5.97 Å². The van der Waals surface area contributed by atoms with E-state index >= 15 is 0 Å². The molecule has 0 radical (unpaired) electrons. The number of nitrogens with zero attached hydrogens (tertiary/aromatic N) is 1. The van der Waals surface area contributed by atoms with Gasteiger partial charge in [-0.3, -0.25) is 9.69 Å². The molecule has 0 spiro atoms. The molecular formula is C11H21NO2. The van der Waals surface area contributed by atoms with E-state index in [1.54, 1.807) is 0 Å². The molecule has 1 rings (SSSR count). The molecule has 1 aliphatic rings. The average molecular weight is 199 g/mol. The summed E-state index contributed by atoms with van der Waals surface area (Å²) < 4.78 is 0. The second-order valence-electron chi connectivity index (χ2n) is 4.24. The molecule has 1 fully saturated rings. The van der Waals surface area contributed by atoms with Gasteiger partial charge >= 0.3 is 5.97 Å². The van der Waals surface area contributed by atoms with Crippen LogP contribution in [0.4, 0.5) is 0 Å². The van der Waals surface area contributed by atoms with Crippen LogP contribution in [0, 0.1) is 0 Å². The number of hydrogen-bond donors (Lipinski definition) is 1. The molecule has 0 aromatic heterocycles. The predicted octanol–water partition coefficient (Wildman–Crippen LogP) is 2.11. The Bertz CT molecular complexity index is 194. The molecule has 1 aliphatic heterocycles. The van der Waals surface area contributed by atoms with E-state index in [1.807, 2.05) is 6.92 Å². The summed E-state index contributed by atoms with van der Waals surface area (Å²) in [6.45, 7) is 5.30. The first-order valence-electron chi connectivity index (χ1n) is 5.62. The van der Waals surface area contributed by atoms with Crippen LogP contribution in [0.1, 0.15) is 46.0 Å². The van der Waals surface area contributed by atoms with Gasteiger partial charge in [-0.1, -0.05) is 13.3 Å². The van der Waals surface area contributed by atoms with Gasteiger partial charge in [0.1, 0.15) is 0 Å². The molecule has 3 nitrogen and oxygen atoms in total. The van der Waals surface area contributed by atoms with E-state index in [0.717, 1.165) is 13.0 Å². The largest absolute Gasteiger partial charge is 0.481 e. The van der Waals surface area contributed by atoms with Crippen LogP contribution in [0.2, 0.25) is 0 Å². The lowest BCUT2D eigenvalue weighted by atomic mass is 9.97. The van der Waals surface area contributed by atoms with Crippen molar-refractivity contribution in [1.29, 1.82) is 0 Å². The van der Waals surface area contributed by atoms with Crippen molar-refractivity contribution in [1.82, 2.24) is 4.90 Å². The van der Waals surface area contributed by atoms with Crippen LogP contribution in [0.5, 0.6) is 0 Å². The van der Waals surface area contributed by atoms with Gasteiger partial charge in [-0.05, 0) is 32.7 Å². The molecule has 2 atom stereocenters. The van der Waals surface area contributed by atoms with E-state index in [1.165, 1.54) is 19.3 Å². The standard InChI is InChI=1S/C11H21NO2/c1-3-10-6-4-5-7-12(10)9(2)8-11(13)14/h9-10H,3-8H2,1-2H3,(H,13,14). The maximum Gasteiger partial charge on any atom is 0.304 e. The summed E-state index contributed by atoms with van der Waals surface area (Å²) in [6.07, 6.45) is 5.18. The third-order valence-corrected chi connectivity index (χ3v) is 3.18. The highest BCUT2D eigenvalue weighted by molar-refractivity contribution is 5.67. The van der Waals surface area contributed by atoms with Crippen molar-refractivity contribution in [2.24, 2.45) is 0 Å². The third-order valence-electron chi connectivity index (χ3n) is 3.18. The minimum absolute atomic E-state index is 0.192. The number of carboxylic acids is 1. The van der Waals surface area contributed by atoms with Crippen LogP contribution in [-0.4, -0.2) is 34.6 Å². The Morgan fingerprint density at radius 3 is 2.86 bits per heavy atom. The molecule has 3 heteroatoms. The molecule has 0 aromatic carbocycles. The smallest absolute Gasteiger partial charge is 0.304 e. The highest BCUT2D eigenvalue weighted by Gasteiger charge is 2.26. The fraction of sp³-hybridized carbons (Fsp3) is 0.909. The fourth-order valence-electron chi connectivity index (χ4n) is 2.41. The summed E-state index contributed by atoms with van der Waals surface area (Å²) in [5.74, 6) is -0.682. The topological polar surface area (TPSA) is 40.5 Å². The normalized spacial score (nSPS) is 26.0. The molecular weight excluding hydrogens is 178 g/mol. The lowest BCUT2D eigenvalue weighted by molar-refractivity contribution is -0.138. The summed E-state index contributed by atoms with van der Waals surface area (Å²) in [7, 11) is 0. The first-order valence-corrected chi connectivity index (χ1v) is 5.62. The number of aliphatic carboxylic acids is 1. The molecule has 0 amide bonds. The van der Waals surface area contributed by atoms with Crippen LogP contribution in [0.25, 0.3) is 0 Å². The first-order chi connectivity index (χ1) is 6.65. The van der Waals surface area contributed by atoms with Crippen molar-refractivity contribution in [3.8, 4) is 0 Å². The monoisotopic (exact) mass is 199 g/mol. The maximum atomic E-state index is 10.6. The van der Waals surface area contributed by atoms with Crippen LogP contribution in [-0.2, 0) is 4.79 Å². The van der Waals surface area contributed by atoms with Gasteiger partial charge in [0.15, 0.2) is 0 Å². The predicted molar refractivity (Wildman–Crippen MR) is 56.4 cm³/mol. The SMILES string of the molecule is CCC1CCCCN1C(C)CC(=O)O. The zero-order valence-electron chi connectivity index (χ0n) is 9.20. The van der Waals surface area contributed by atoms with Crippen molar-refractivity contribution in [2.45, 2.75) is 58.0 Å². The number of rotatable bonds is 4. The second kappa shape index (κ2) is 5.35. The molecule has 2 unspecified atom stereocenters. The quantitative estimate of drug-likeness (QED) is 0.754. The van der Waals surface area contributed by atoms with Gasteiger partial charge in [0.05, 0.1) is 6.42 Å². The zero-order chi connectivity index (χ0) is 10.6. The zero-order valence-corrected chi connectivity index (χ0v) is 9.20. The third kappa shape index (κ3) is 2.98. The van der Waals surface area contributed by atoms with Gasteiger partial charge in [0.2, 0.25) is 0 Å². The number of carbonyl (C=O) groups is 1. The van der Waals surface area contributed by atoms with E-state index in [0.29, 0.717) is 6.04 Å². The van der Waals surface area contributed by atoms with Gasteiger partial charge in [-0.25, -0.2) is 0 Å². The van der Waals surface area contributed by atoms with Gasteiger partial charge in [0, 0.05) is 12.1 Å². The van der Waals surface area contributed by atoms with E-state index in [-0.39, 0.29) is 12.5 Å². The minimum Gasteiger partial charge on any atom is -0.481 e. The number of hydrogen-bond acceptors (Lipinski definition) is 2. The highest BCUT2D eigenvalue weighted by Crippen LogP contribution is 2.22. The Morgan fingerprint density at radius 2 is 2.29 bits per heavy atom. The Morgan fingerprint density at radius 1 is 1.57 bits per heavy atom. The molecule has 0 saturated carbocycles. The van der Waals surface area contributed by atoms with E-state index in [4.69, 9.17) is 5.11 Å². The Labute approximate surface area is 86.1 Å². The number of likely N-dealkylation sites (tertiary alicyclic amines) is 1. The highest BCUT2D eigenvalue weighted by atomic mass is 16.4. The average Bonchev–Trinajstić information content (AvgIpc) is 2.16. The van der Waals surface area contributed by atoms with Crippen LogP contribution < -0.4 is 0 Å². The summed E-state index contributed by atoms with van der Waals surface area (Å²) in [5.41, 5.74) is 0. The fourth-order valence-corrected chi connectivity index (χ4v) is 2.41. The summed E-state index contributed by atoms with van der Waals surface area (Å²) in [4.78, 5) is 13.0. The first kappa shape index (κ1) is 11.5. The van der Waals surface area contributed by atoms with E-state index in [2.05, 4.69) is 11.8 Å². The molecule has 82 valence electrons. The Balaban J connectivity index is 2.49. The minimum atomic E-state index is -0.682. The van der Waals surface area contributed by atoms with Crippen molar-refractivity contribution < 1.29 is 9.90 Å². The van der Waals surface area contributed by atoms with Crippen molar-refractivity contribution in [3.63, 3.8) is 0 Å². The van der Waals surface area contributed by atoms with Crippen LogP contribution in [0.3, 0.4) is 0 Å². The van der Waals surface area contributed by atoms with Gasteiger partial charge in [0.25, 0.3) is 0 Å². The maximum absolute atomic E-state index is 10.6. The summed E-state index contributed by atoms with van der Waals surface area (Å²) in [6, 6.07) is 0.802. The molecule has 0 aromatic rings. The van der Waals surface area contributed by atoms with Crippen molar-refractivity contribution >= 4 is 5.97 Å². The molecule has 0 aliphatic carbocycles. The van der Waals surface area contributed by atoms with Gasteiger partial charge in [-0.2, -0.15) is 0 Å². The molecule has 1 saturated heterocycles. The van der Waals surface area contributed by atoms with Crippen LogP contribution >= 0.6 is 0 Å².